The standard InChI is InChI=1S/C11H14N2O5/c1-6-3-13(10(16)12-8(6)15)9-7-2-11(4-14,18-9)5-17-7/h3,7,9,14H,2,4-5H2,1H3,(H,12,15,16)/t7?,9?,11-/m0/s1. The molecule has 0 saturated carbocycles. The second-order valence-electron chi connectivity index (χ2n) is 4.88. The van der Waals surface area contributed by atoms with E-state index in [9.17, 15) is 14.7 Å². The summed E-state index contributed by atoms with van der Waals surface area (Å²) in [6.45, 7) is 1.81. The first kappa shape index (κ1) is 11.6. The van der Waals surface area contributed by atoms with Crippen LogP contribution < -0.4 is 11.2 Å². The van der Waals surface area contributed by atoms with Crippen LogP contribution in [-0.2, 0) is 9.47 Å². The van der Waals surface area contributed by atoms with Crippen LogP contribution in [0.25, 0.3) is 0 Å². The number of H-pyrrole nitrogens is 1. The van der Waals surface area contributed by atoms with Gasteiger partial charge in [0.25, 0.3) is 5.56 Å². The lowest BCUT2D eigenvalue weighted by molar-refractivity contribution is -0.184. The van der Waals surface area contributed by atoms with Crippen LogP contribution in [0.1, 0.15) is 18.2 Å². The maximum Gasteiger partial charge on any atom is 0.330 e. The van der Waals surface area contributed by atoms with Crippen LogP contribution in [0.5, 0.6) is 0 Å². The summed E-state index contributed by atoms with van der Waals surface area (Å²) in [6, 6.07) is 0. The summed E-state index contributed by atoms with van der Waals surface area (Å²) in [6.07, 6.45) is 1.16. The molecule has 3 heterocycles. The number of fused-ring (bicyclic) bond motifs is 2. The van der Waals surface area contributed by atoms with E-state index < -0.39 is 23.1 Å². The molecular weight excluding hydrogens is 240 g/mol. The Morgan fingerprint density at radius 3 is 3.06 bits per heavy atom. The molecule has 1 aromatic rings. The summed E-state index contributed by atoms with van der Waals surface area (Å²) in [5.74, 6) is 0. The van der Waals surface area contributed by atoms with Crippen molar-refractivity contribution in [3.63, 3.8) is 0 Å². The van der Waals surface area contributed by atoms with E-state index in [0.717, 1.165) is 0 Å². The van der Waals surface area contributed by atoms with Crippen molar-refractivity contribution in [2.45, 2.75) is 31.3 Å². The van der Waals surface area contributed by atoms with Gasteiger partial charge < -0.3 is 14.6 Å². The van der Waals surface area contributed by atoms with E-state index in [4.69, 9.17) is 9.47 Å². The monoisotopic (exact) mass is 254 g/mol. The number of nitrogens with zero attached hydrogens (tertiary/aromatic N) is 1. The van der Waals surface area contributed by atoms with E-state index >= 15 is 0 Å². The first-order chi connectivity index (χ1) is 8.54. The highest BCUT2D eigenvalue weighted by Crippen LogP contribution is 2.43. The van der Waals surface area contributed by atoms with Gasteiger partial charge in [-0.1, -0.05) is 0 Å². The SMILES string of the molecule is Cc1cn(C2O[C@@]3(CO)COC2C3)c(=O)[nH]c1=O. The van der Waals surface area contributed by atoms with Crippen molar-refractivity contribution in [2.75, 3.05) is 13.2 Å². The predicted molar refractivity (Wildman–Crippen MR) is 60.4 cm³/mol. The van der Waals surface area contributed by atoms with Gasteiger partial charge in [-0.2, -0.15) is 0 Å². The van der Waals surface area contributed by atoms with Gasteiger partial charge in [0.2, 0.25) is 0 Å². The molecule has 0 radical (unpaired) electrons. The number of hydrogen-bond donors (Lipinski definition) is 2. The second kappa shape index (κ2) is 3.78. The second-order valence-corrected chi connectivity index (χ2v) is 4.88. The van der Waals surface area contributed by atoms with Crippen molar-refractivity contribution in [1.82, 2.24) is 9.55 Å². The average Bonchev–Trinajstić information content (AvgIpc) is 2.92. The Hall–Kier alpha value is -1.44. The number of nitrogens with one attached hydrogen (secondary N) is 1. The summed E-state index contributed by atoms with van der Waals surface area (Å²) in [4.78, 5) is 25.3. The number of aryl methyl sites for hydroxylation is 1. The number of ether oxygens (including phenoxy) is 2. The summed E-state index contributed by atoms with van der Waals surface area (Å²) in [7, 11) is 0. The van der Waals surface area contributed by atoms with Crippen molar-refractivity contribution in [3.05, 3.63) is 32.6 Å². The normalized spacial score (nSPS) is 34.1. The van der Waals surface area contributed by atoms with Crippen LogP contribution in [0.4, 0.5) is 0 Å². The Balaban J connectivity index is 2.01. The number of hydrogen-bond acceptors (Lipinski definition) is 5. The number of aromatic amines is 1. The molecule has 0 aromatic carbocycles. The molecule has 7 heteroatoms. The first-order valence-electron chi connectivity index (χ1n) is 5.77. The van der Waals surface area contributed by atoms with Gasteiger partial charge in [-0.15, -0.1) is 0 Å². The van der Waals surface area contributed by atoms with Gasteiger partial charge in [0, 0.05) is 18.2 Å². The summed E-state index contributed by atoms with van der Waals surface area (Å²) in [5.41, 5.74) is -1.21. The number of aliphatic hydroxyl groups excluding tert-OH is 1. The first-order valence-corrected chi connectivity index (χ1v) is 5.77. The van der Waals surface area contributed by atoms with Crippen LogP contribution >= 0.6 is 0 Å². The van der Waals surface area contributed by atoms with E-state index in [0.29, 0.717) is 18.6 Å². The summed E-state index contributed by atoms with van der Waals surface area (Å²) in [5, 5.41) is 9.33. The molecule has 2 fully saturated rings. The van der Waals surface area contributed by atoms with Crippen molar-refractivity contribution >= 4 is 0 Å². The zero-order valence-electron chi connectivity index (χ0n) is 9.88. The molecule has 2 aliphatic heterocycles. The Bertz CT molecular complexity index is 592. The van der Waals surface area contributed by atoms with Crippen molar-refractivity contribution in [2.24, 2.45) is 0 Å². The Kier molecular flexibility index (Phi) is 2.44. The maximum absolute atomic E-state index is 11.8. The lowest BCUT2D eigenvalue weighted by Gasteiger charge is -2.29. The molecule has 2 saturated heterocycles. The average molecular weight is 254 g/mol. The minimum Gasteiger partial charge on any atom is -0.393 e. The van der Waals surface area contributed by atoms with Crippen molar-refractivity contribution < 1.29 is 14.6 Å². The zero-order chi connectivity index (χ0) is 12.9. The summed E-state index contributed by atoms with van der Waals surface area (Å²) >= 11 is 0. The minimum absolute atomic E-state index is 0.142. The van der Waals surface area contributed by atoms with Gasteiger partial charge in [-0.05, 0) is 6.92 Å². The molecule has 2 aliphatic rings. The van der Waals surface area contributed by atoms with E-state index in [-0.39, 0.29) is 12.7 Å². The quantitative estimate of drug-likeness (QED) is 0.698. The molecule has 0 amide bonds. The van der Waals surface area contributed by atoms with Gasteiger partial charge in [0.1, 0.15) is 11.7 Å². The molecule has 18 heavy (non-hydrogen) atoms. The molecule has 3 atom stereocenters. The smallest absolute Gasteiger partial charge is 0.330 e. The minimum atomic E-state index is -0.710. The third kappa shape index (κ3) is 1.55. The van der Waals surface area contributed by atoms with Crippen LogP contribution in [-0.4, -0.2) is 39.6 Å². The molecule has 0 aliphatic carbocycles. The van der Waals surface area contributed by atoms with Gasteiger partial charge >= 0.3 is 5.69 Å². The molecule has 0 spiro atoms. The van der Waals surface area contributed by atoms with Crippen LogP contribution in [0.2, 0.25) is 0 Å². The van der Waals surface area contributed by atoms with Crippen LogP contribution in [0, 0.1) is 6.92 Å². The summed E-state index contributed by atoms with van der Waals surface area (Å²) < 4.78 is 12.5. The third-order valence-corrected chi connectivity index (χ3v) is 3.53. The molecule has 2 N–H and O–H groups in total. The van der Waals surface area contributed by atoms with E-state index in [1.54, 1.807) is 6.92 Å². The van der Waals surface area contributed by atoms with Crippen molar-refractivity contribution in [1.29, 1.82) is 0 Å². The fourth-order valence-electron chi connectivity index (χ4n) is 2.50. The van der Waals surface area contributed by atoms with Gasteiger partial charge in [0.15, 0.2) is 6.23 Å². The molecule has 2 bridgehead atoms. The topological polar surface area (TPSA) is 93.6 Å². The highest BCUT2D eigenvalue weighted by molar-refractivity contribution is 5.05. The molecular formula is C11H14N2O5. The maximum atomic E-state index is 11.8. The Morgan fingerprint density at radius 2 is 2.39 bits per heavy atom. The molecule has 98 valence electrons. The Morgan fingerprint density at radius 1 is 1.61 bits per heavy atom. The lowest BCUT2D eigenvalue weighted by Crippen LogP contribution is -2.42. The lowest BCUT2D eigenvalue weighted by atomic mass is 10.0. The van der Waals surface area contributed by atoms with Crippen LogP contribution in [0.3, 0.4) is 0 Å². The van der Waals surface area contributed by atoms with Gasteiger partial charge in [0.05, 0.1) is 13.2 Å². The van der Waals surface area contributed by atoms with E-state index in [1.165, 1.54) is 10.8 Å². The van der Waals surface area contributed by atoms with E-state index in [2.05, 4.69) is 4.98 Å². The van der Waals surface area contributed by atoms with Crippen LogP contribution in [0.15, 0.2) is 15.8 Å². The molecule has 7 nitrogen and oxygen atoms in total. The fraction of sp³-hybridized carbons (Fsp3) is 0.636. The molecule has 3 rings (SSSR count). The number of aromatic nitrogens is 2. The number of rotatable bonds is 2. The third-order valence-electron chi connectivity index (χ3n) is 3.53. The van der Waals surface area contributed by atoms with Gasteiger partial charge in [-0.3, -0.25) is 14.3 Å². The zero-order valence-corrected chi connectivity index (χ0v) is 9.88. The number of aliphatic hydroxyl groups is 1. The van der Waals surface area contributed by atoms with E-state index in [1.807, 2.05) is 0 Å². The highest BCUT2D eigenvalue weighted by Gasteiger charge is 2.54. The van der Waals surface area contributed by atoms with Gasteiger partial charge in [-0.25, -0.2) is 4.79 Å². The molecule has 2 unspecified atom stereocenters. The van der Waals surface area contributed by atoms with Crippen molar-refractivity contribution in [3.8, 4) is 0 Å². The molecule has 1 aromatic heterocycles. The largest absolute Gasteiger partial charge is 0.393 e. The highest BCUT2D eigenvalue weighted by atomic mass is 16.6. The Labute approximate surface area is 102 Å². The fourth-order valence-corrected chi connectivity index (χ4v) is 2.50. The predicted octanol–water partition coefficient (Wildman–Crippen LogP) is -1.11.